The Morgan fingerprint density at radius 1 is 1.32 bits per heavy atom. The molecule has 5 N–H and O–H groups in total. The number of hydrogen-bond acceptors (Lipinski definition) is 3. The zero-order valence-corrected chi connectivity index (χ0v) is 10.4. The lowest BCUT2D eigenvalue weighted by molar-refractivity contribution is 0.100. The molecule has 3 amide bonds. The number of aromatic amines is 1. The van der Waals surface area contributed by atoms with Crippen molar-refractivity contribution in [2.75, 3.05) is 10.6 Å². The van der Waals surface area contributed by atoms with Gasteiger partial charge in [-0.15, -0.1) is 0 Å². The van der Waals surface area contributed by atoms with Gasteiger partial charge in [-0.1, -0.05) is 17.7 Å². The number of halogens is 1. The first-order chi connectivity index (χ1) is 9.06. The number of amides is 3. The summed E-state index contributed by atoms with van der Waals surface area (Å²) in [5, 5.41) is 11.6. The van der Waals surface area contributed by atoms with Crippen molar-refractivity contribution in [3.63, 3.8) is 0 Å². The predicted molar refractivity (Wildman–Crippen MR) is 71.2 cm³/mol. The van der Waals surface area contributed by atoms with Gasteiger partial charge in [0, 0.05) is 10.7 Å². The van der Waals surface area contributed by atoms with E-state index >= 15 is 0 Å². The van der Waals surface area contributed by atoms with E-state index < -0.39 is 11.9 Å². The minimum Gasteiger partial charge on any atom is -0.365 e. The summed E-state index contributed by atoms with van der Waals surface area (Å²) in [4.78, 5) is 22.7. The Balaban J connectivity index is 2.05. The highest BCUT2D eigenvalue weighted by Gasteiger charge is 2.13. The molecule has 19 heavy (non-hydrogen) atoms. The molecule has 2 rings (SSSR count). The fraction of sp³-hybridized carbons (Fsp3) is 0. The number of H-pyrrole nitrogens is 1. The van der Waals surface area contributed by atoms with Crippen LogP contribution in [-0.4, -0.2) is 22.1 Å². The third-order valence-corrected chi connectivity index (χ3v) is 2.46. The van der Waals surface area contributed by atoms with Crippen molar-refractivity contribution in [1.82, 2.24) is 10.2 Å². The Hall–Kier alpha value is -2.54. The molecular weight excluding hydrogens is 270 g/mol. The molecule has 0 fully saturated rings. The quantitative estimate of drug-likeness (QED) is 0.687. The molecule has 1 aromatic carbocycles. The molecule has 0 spiro atoms. The monoisotopic (exact) mass is 279 g/mol. The van der Waals surface area contributed by atoms with Crippen LogP contribution in [0.1, 0.15) is 10.4 Å². The zero-order valence-electron chi connectivity index (χ0n) is 9.61. The lowest BCUT2D eigenvalue weighted by Gasteiger charge is -2.07. The van der Waals surface area contributed by atoms with Gasteiger partial charge < -0.3 is 11.1 Å². The summed E-state index contributed by atoms with van der Waals surface area (Å²) >= 11 is 5.79. The normalized spacial score (nSPS) is 9.95. The second kappa shape index (κ2) is 5.40. The Morgan fingerprint density at radius 2 is 2.11 bits per heavy atom. The molecular formula is C11H10ClN5O2. The number of primary amides is 1. The first kappa shape index (κ1) is 12.9. The van der Waals surface area contributed by atoms with Crippen molar-refractivity contribution < 1.29 is 9.59 Å². The van der Waals surface area contributed by atoms with Gasteiger partial charge in [0.1, 0.15) is 11.4 Å². The number of aromatic nitrogens is 2. The average Bonchev–Trinajstić information content (AvgIpc) is 2.76. The van der Waals surface area contributed by atoms with Crippen LogP contribution in [0.3, 0.4) is 0 Å². The summed E-state index contributed by atoms with van der Waals surface area (Å²) in [6.45, 7) is 0. The van der Waals surface area contributed by atoms with Crippen molar-refractivity contribution in [2.24, 2.45) is 5.73 Å². The molecule has 0 aliphatic carbocycles. The van der Waals surface area contributed by atoms with E-state index in [9.17, 15) is 9.59 Å². The highest BCUT2D eigenvalue weighted by atomic mass is 35.5. The number of carbonyl (C=O) groups excluding carboxylic acids is 2. The summed E-state index contributed by atoms with van der Waals surface area (Å²) in [7, 11) is 0. The van der Waals surface area contributed by atoms with E-state index in [2.05, 4.69) is 20.8 Å². The Labute approximate surface area is 113 Å². The highest BCUT2D eigenvalue weighted by Crippen LogP contribution is 2.15. The van der Waals surface area contributed by atoms with Gasteiger partial charge in [-0.25, -0.2) is 4.79 Å². The van der Waals surface area contributed by atoms with E-state index in [-0.39, 0.29) is 11.4 Å². The average molecular weight is 280 g/mol. The van der Waals surface area contributed by atoms with E-state index in [4.69, 9.17) is 17.3 Å². The van der Waals surface area contributed by atoms with Crippen LogP contribution in [0.4, 0.5) is 16.3 Å². The molecule has 0 unspecified atom stereocenters. The molecule has 1 heterocycles. The smallest absolute Gasteiger partial charge is 0.324 e. The van der Waals surface area contributed by atoms with Crippen LogP contribution in [0, 0.1) is 0 Å². The van der Waals surface area contributed by atoms with Crippen LogP contribution in [0.5, 0.6) is 0 Å². The SMILES string of the molecule is NC(=O)c1cn[nH]c1NC(=O)Nc1cccc(Cl)c1. The molecule has 0 saturated carbocycles. The number of nitrogens with two attached hydrogens (primary N) is 1. The van der Waals surface area contributed by atoms with Crippen LogP contribution in [0.15, 0.2) is 30.5 Å². The van der Waals surface area contributed by atoms with Crippen LogP contribution in [0.25, 0.3) is 0 Å². The molecule has 0 aliphatic heterocycles. The first-order valence-corrected chi connectivity index (χ1v) is 5.61. The van der Waals surface area contributed by atoms with E-state index in [1.807, 2.05) is 0 Å². The van der Waals surface area contributed by atoms with Crippen molar-refractivity contribution >= 4 is 35.0 Å². The zero-order chi connectivity index (χ0) is 13.8. The maximum atomic E-state index is 11.7. The number of nitrogens with one attached hydrogen (secondary N) is 3. The van der Waals surface area contributed by atoms with Gasteiger partial charge in [0.25, 0.3) is 5.91 Å². The van der Waals surface area contributed by atoms with Gasteiger partial charge in [-0.3, -0.25) is 15.2 Å². The maximum absolute atomic E-state index is 11.7. The number of urea groups is 1. The summed E-state index contributed by atoms with van der Waals surface area (Å²) in [5.41, 5.74) is 5.74. The summed E-state index contributed by atoms with van der Waals surface area (Å²) < 4.78 is 0. The third-order valence-electron chi connectivity index (χ3n) is 2.23. The van der Waals surface area contributed by atoms with Crippen molar-refractivity contribution in [2.45, 2.75) is 0 Å². The summed E-state index contributed by atoms with van der Waals surface area (Å²) in [6.07, 6.45) is 1.23. The highest BCUT2D eigenvalue weighted by molar-refractivity contribution is 6.30. The van der Waals surface area contributed by atoms with Crippen LogP contribution >= 0.6 is 11.6 Å². The molecule has 0 saturated heterocycles. The minimum atomic E-state index is -0.688. The van der Waals surface area contributed by atoms with E-state index in [1.54, 1.807) is 24.3 Å². The Morgan fingerprint density at radius 3 is 2.79 bits per heavy atom. The predicted octanol–water partition coefficient (Wildman–Crippen LogP) is 1.81. The Kier molecular flexibility index (Phi) is 3.67. The Bertz CT molecular complexity index is 625. The standard InChI is InChI=1S/C11H10ClN5O2/c12-6-2-1-3-7(4-6)15-11(19)16-10-8(9(13)18)5-14-17-10/h1-5H,(H2,13,18)(H3,14,15,16,17,19). The number of anilines is 2. The van der Waals surface area contributed by atoms with Gasteiger partial charge in [-0.2, -0.15) is 5.10 Å². The molecule has 0 aliphatic rings. The molecule has 8 heteroatoms. The van der Waals surface area contributed by atoms with Gasteiger partial charge >= 0.3 is 6.03 Å². The largest absolute Gasteiger partial charge is 0.365 e. The first-order valence-electron chi connectivity index (χ1n) is 5.23. The van der Waals surface area contributed by atoms with Crippen molar-refractivity contribution in [3.05, 3.63) is 41.0 Å². The molecule has 98 valence electrons. The van der Waals surface area contributed by atoms with E-state index in [0.717, 1.165) is 0 Å². The summed E-state index contributed by atoms with van der Waals surface area (Å²) in [6, 6.07) is 6.10. The van der Waals surface area contributed by atoms with Gasteiger partial charge in [-0.05, 0) is 18.2 Å². The van der Waals surface area contributed by atoms with E-state index in [0.29, 0.717) is 10.7 Å². The topological polar surface area (TPSA) is 113 Å². The molecule has 0 radical (unpaired) electrons. The number of hydrogen-bond donors (Lipinski definition) is 4. The van der Waals surface area contributed by atoms with Crippen molar-refractivity contribution in [3.8, 4) is 0 Å². The lowest BCUT2D eigenvalue weighted by atomic mass is 10.3. The summed E-state index contributed by atoms with van der Waals surface area (Å²) in [5.74, 6) is -0.557. The molecule has 2 aromatic rings. The molecule has 7 nitrogen and oxygen atoms in total. The number of rotatable bonds is 3. The fourth-order valence-corrected chi connectivity index (χ4v) is 1.60. The second-order valence-corrected chi connectivity index (χ2v) is 4.05. The second-order valence-electron chi connectivity index (χ2n) is 3.61. The fourth-order valence-electron chi connectivity index (χ4n) is 1.41. The third kappa shape index (κ3) is 3.23. The molecule has 0 bridgehead atoms. The lowest BCUT2D eigenvalue weighted by Crippen LogP contribution is -2.22. The van der Waals surface area contributed by atoms with Gasteiger partial charge in [0.05, 0.1) is 6.20 Å². The molecule has 0 atom stereocenters. The number of nitrogens with zero attached hydrogens (tertiary/aromatic N) is 1. The molecule has 1 aromatic heterocycles. The van der Waals surface area contributed by atoms with E-state index in [1.165, 1.54) is 6.20 Å². The van der Waals surface area contributed by atoms with Crippen LogP contribution in [-0.2, 0) is 0 Å². The van der Waals surface area contributed by atoms with Crippen LogP contribution in [0.2, 0.25) is 5.02 Å². The number of carbonyl (C=O) groups is 2. The van der Waals surface area contributed by atoms with Crippen LogP contribution < -0.4 is 16.4 Å². The van der Waals surface area contributed by atoms with Gasteiger partial charge in [0.2, 0.25) is 0 Å². The minimum absolute atomic E-state index is 0.0984. The maximum Gasteiger partial charge on any atom is 0.324 e. The van der Waals surface area contributed by atoms with Crippen molar-refractivity contribution in [1.29, 1.82) is 0 Å². The van der Waals surface area contributed by atoms with Gasteiger partial charge in [0.15, 0.2) is 0 Å². The number of benzene rings is 1.